The molecule has 3 unspecified atom stereocenters. The van der Waals surface area contributed by atoms with Crippen molar-refractivity contribution in [1.29, 1.82) is 0 Å². The fraction of sp³-hybridized carbons (Fsp3) is 0.667. The van der Waals surface area contributed by atoms with Crippen molar-refractivity contribution >= 4 is 0 Å². The first-order valence-electron chi connectivity index (χ1n) is 8.10. The van der Waals surface area contributed by atoms with Crippen LogP contribution in [0.5, 0.6) is 0 Å². The van der Waals surface area contributed by atoms with E-state index in [1.54, 1.807) is 12.1 Å². The van der Waals surface area contributed by atoms with Gasteiger partial charge in [-0.05, 0) is 37.3 Å². The fourth-order valence-corrected chi connectivity index (χ4v) is 3.93. The molecule has 1 aromatic rings. The van der Waals surface area contributed by atoms with Gasteiger partial charge >= 0.3 is 0 Å². The molecular formula is C18H28FNO. The van der Waals surface area contributed by atoms with Crippen molar-refractivity contribution < 1.29 is 9.50 Å². The monoisotopic (exact) mass is 293 g/mol. The first kappa shape index (κ1) is 16.4. The normalized spacial score (nSPS) is 29.1. The van der Waals surface area contributed by atoms with Gasteiger partial charge in [0, 0.05) is 18.4 Å². The number of rotatable bonds is 5. The van der Waals surface area contributed by atoms with Gasteiger partial charge in [-0.2, -0.15) is 0 Å². The molecule has 1 aliphatic rings. The summed E-state index contributed by atoms with van der Waals surface area (Å²) in [7, 11) is 0. The third kappa shape index (κ3) is 3.29. The summed E-state index contributed by atoms with van der Waals surface area (Å²) in [6.07, 6.45) is 5.64. The highest BCUT2D eigenvalue weighted by Crippen LogP contribution is 2.48. The Morgan fingerprint density at radius 3 is 2.76 bits per heavy atom. The average molecular weight is 293 g/mol. The molecule has 0 spiro atoms. The largest absolute Gasteiger partial charge is 0.389 e. The molecular weight excluding hydrogens is 265 g/mol. The maximum Gasteiger partial charge on any atom is 0.126 e. The van der Waals surface area contributed by atoms with Gasteiger partial charge in [0.2, 0.25) is 0 Å². The topological polar surface area (TPSA) is 46.2 Å². The molecule has 1 aromatic carbocycles. The van der Waals surface area contributed by atoms with E-state index < -0.39 is 5.60 Å². The maximum atomic E-state index is 13.9. The smallest absolute Gasteiger partial charge is 0.126 e. The molecule has 3 N–H and O–H groups in total. The summed E-state index contributed by atoms with van der Waals surface area (Å²) in [5.74, 6) is 0.377. The molecule has 1 fully saturated rings. The van der Waals surface area contributed by atoms with E-state index in [1.807, 2.05) is 13.0 Å². The number of hydrogen-bond donors (Lipinski definition) is 2. The van der Waals surface area contributed by atoms with Crippen molar-refractivity contribution in [2.75, 3.05) is 6.54 Å². The van der Waals surface area contributed by atoms with E-state index in [0.29, 0.717) is 24.4 Å². The van der Waals surface area contributed by atoms with E-state index in [2.05, 4.69) is 6.92 Å². The van der Waals surface area contributed by atoms with Gasteiger partial charge in [-0.3, -0.25) is 0 Å². The first-order chi connectivity index (χ1) is 9.94. The van der Waals surface area contributed by atoms with Crippen molar-refractivity contribution in [2.24, 2.45) is 17.1 Å². The lowest BCUT2D eigenvalue weighted by Gasteiger charge is -2.49. The van der Waals surface area contributed by atoms with Crippen LogP contribution in [0.15, 0.2) is 24.3 Å². The predicted octanol–water partition coefficient (Wildman–Crippen LogP) is 3.66. The Labute approximate surface area is 127 Å². The molecule has 1 saturated carbocycles. The first-order valence-corrected chi connectivity index (χ1v) is 8.10. The minimum Gasteiger partial charge on any atom is -0.389 e. The lowest BCUT2D eigenvalue weighted by atomic mass is 9.59. The summed E-state index contributed by atoms with van der Waals surface area (Å²) in [6.45, 7) is 4.50. The van der Waals surface area contributed by atoms with E-state index in [9.17, 15) is 9.50 Å². The molecule has 118 valence electrons. The van der Waals surface area contributed by atoms with Gasteiger partial charge in [-0.25, -0.2) is 4.39 Å². The highest BCUT2D eigenvalue weighted by Gasteiger charge is 2.48. The minimum atomic E-state index is -0.974. The van der Waals surface area contributed by atoms with Gasteiger partial charge in [0.15, 0.2) is 0 Å². The Morgan fingerprint density at radius 2 is 2.14 bits per heavy atom. The van der Waals surface area contributed by atoms with Crippen LogP contribution < -0.4 is 5.73 Å². The molecule has 0 bridgehead atoms. The number of nitrogens with two attached hydrogens (primary N) is 1. The molecule has 2 rings (SSSR count). The molecule has 21 heavy (non-hydrogen) atoms. The van der Waals surface area contributed by atoms with Crippen LogP contribution in [0.2, 0.25) is 0 Å². The molecule has 3 heteroatoms. The van der Waals surface area contributed by atoms with Gasteiger partial charge < -0.3 is 10.8 Å². The van der Waals surface area contributed by atoms with Crippen LogP contribution in [0.4, 0.5) is 4.39 Å². The fourth-order valence-electron chi connectivity index (χ4n) is 3.93. The Morgan fingerprint density at radius 1 is 1.43 bits per heavy atom. The van der Waals surface area contributed by atoms with Crippen LogP contribution in [-0.4, -0.2) is 17.3 Å². The van der Waals surface area contributed by atoms with Crippen LogP contribution in [0.3, 0.4) is 0 Å². The average Bonchev–Trinajstić information content (AvgIpc) is 2.49. The minimum absolute atomic E-state index is 0.243. The van der Waals surface area contributed by atoms with Crippen LogP contribution in [-0.2, 0) is 6.42 Å². The van der Waals surface area contributed by atoms with Crippen LogP contribution in [0.25, 0.3) is 0 Å². The van der Waals surface area contributed by atoms with E-state index in [-0.39, 0.29) is 11.2 Å². The molecule has 2 nitrogen and oxygen atoms in total. The van der Waals surface area contributed by atoms with Crippen molar-refractivity contribution in [3.8, 4) is 0 Å². The third-order valence-corrected chi connectivity index (χ3v) is 5.55. The zero-order valence-corrected chi connectivity index (χ0v) is 13.2. The zero-order valence-electron chi connectivity index (χ0n) is 13.2. The highest BCUT2D eigenvalue weighted by molar-refractivity contribution is 5.21. The Balaban J connectivity index is 2.24. The van der Waals surface area contributed by atoms with Crippen molar-refractivity contribution in [3.05, 3.63) is 35.6 Å². The summed E-state index contributed by atoms with van der Waals surface area (Å²) in [6, 6.07) is 6.71. The van der Waals surface area contributed by atoms with Crippen molar-refractivity contribution in [2.45, 2.75) is 58.0 Å². The summed E-state index contributed by atoms with van der Waals surface area (Å²) < 4.78 is 13.9. The Bertz CT molecular complexity index is 474. The van der Waals surface area contributed by atoms with Gasteiger partial charge in [-0.1, -0.05) is 44.4 Å². The van der Waals surface area contributed by atoms with E-state index in [1.165, 1.54) is 12.5 Å². The SMILES string of the molecule is CCC1CCCC(CN)(C(C)(O)Cc2ccccc2F)C1. The zero-order chi connectivity index (χ0) is 15.5. The lowest BCUT2D eigenvalue weighted by molar-refractivity contribution is -0.0958. The Hall–Kier alpha value is -0.930. The van der Waals surface area contributed by atoms with Crippen LogP contribution in [0.1, 0.15) is 51.5 Å². The third-order valence-electron chi connectivity index (χ3n) is 5.55. The van der Waals surface area contributed by atoms with Crippen molar-refractivity contribution in [3.63, 3.8) is 0 Å². The predicted molar refractivity (Wildman–Crippen MR) is 84.5 cm³/mol. The molecule has 0 amide bonds. The molecule has 3 atom stereocenters. The van der Waals surface area contributed by atoms with Crippen molar-refractivity contribution in [1.82, 2.24) is 0 Å². The molecule has 1 aliphatic carbocycles. The molecule has 0 radical (unpaired) electrons. The highest BCUT2D eigenvalue weighted by atomic mass is 19.1. The molecule has 0 aliphatic heterocycles. The van der Waals surface area contributed by atoms with Gasteiger partial charge in [0.05, 0.1) is 5.60 Å². The number of aliphatic hydroxyl groups is 1. The summed E-state index contributed by atoms with van der Waals surface area (Å²) in [5, 5.41) is 11.1. The number of benzene rings is 1. The Kier molecular flexibility index (Phi) is 5.05. The van der Waals surface area contributed by atoms with Crippen LogP contribution in [0, 0.1) is 17.2 Å². The second-order valence-corrected chi connectivity index (χ2v) is 6.90. The van der Waals surface area contributed by atoms with Gasteiger partial charge in [0.1, 0.15) is 5.82 Å². The molecule has 0 aromatic heterocycles. The molecule has 0 heterocycles. The maximum absolute atomic E-state index is 13.9. The second kappa shape index (κ2) is 6.45. The standard InChI is InChI=1S/C18H28FNO/c1-3-14-7-6-10-18(11-14,13-20)17(2,21)12-15-8-4-5-9-16(15)19/h4-5,8-9,14,21H,3,6-7,10-13,20H2,1-2H3. The molecule has 0 saturated heterocycles. The second-order valence-electron chi connectivity index (χ2n) is 6.90. The van der Waals surface area contributed by atoms with Gasteiger partial charge in [0.25, 0.3) is 0 Å². The summed E-state index contributed by atoms with van der Waals surface area (Å²) >= 11 is 0. The quantitative estimate of drug-likeness (QED) is 0.870. The lowest BCUT2D eigenvalue weighted by Crippen LogP contribution is -2.54. The van der Waals surface area contributed by atoms with Gasteiger partial charge in [-0.15, -0.1) is 0 Å². The van der Waals surface area contributed by atoms with E-state index in [0.717, 1.165) is 25.7 Å². The summed E-state index contributed by atoms with van der Waals surface area (Å²) in [4.78, 5) is 0. The number of hydrogen-bond acceptors (Lipinski definition) is 2. The van der Waals surface area contributed by atoms with Crippen LogP contribution >= 0.6 is 0 Å². The van der Waals surface area contributed by atoms with E-state index >= 15 is 0 Å². The summed E-state index contributed by atoms with van der Waals surface area (Å²) in [5.41, 5.74) is 5.39. The number of halogens is 1. The van der Waals surface area contributed by atoms with E-state index in [4.69, 9.17) is 5.73 Å².